The highest BCUT2D eigenvalue weighted by molar-refractivity contribution is 7.98. The Kier molecular flexibility index (Phi) is 5.42. The maximum absolute atomic E-state index is 4.47. The first kappa shape index (κ1) is 14.1. The van der Waals surface area contributed by atoms with E-state index in [0.717, 1.165) is 17.9 Å². The molecule has 102 valence electrons. The second-order valence-corrected chi connectivity index (χ2v) is 5.51. The third-order valence-corrected chi connectivity index (χ3v) is 3.56. The molecule has 1 atom stereocenters. The molecule has 0 radical (unpaired) electrons. The quantitative estimate of drug-likeness (QED) is 0.844. The number of nitrogens with zero attached hydrogens (tertiary/aromatic N) is 3. The van der Waals surface area contributed by atoms with Crippen LogP contribution in [0, 0.1) is 0 Å². The van der Waals surface area contributed by atoms with Crippen LogP contribution in [-0.4, -0.2) is 33.0 Å². The zero-order chi connectivity index (χ0) is 13.5. The van der Waals surface area contributed by atoms with E-state index in [1.165, 1.54) is 12.2 Å². The lowest BCUT2D eigenvalue weighted by molar-refractivity contribution is 0.530. The highest BCUT2D eigenvalue weighted by atomic mass is 32.2. The number of hydrogen-bond donors (Lipinski definition) is 1. The third kappa shape index (κ3) is 4.36. The number of benzene rings is 1. The van der Waals surface area contributed by atoms with Gasteiger partial charge in [-0.2, -0.15) is 26.8 Å². The molecule has 1 N–H and O–H groups in total. The van der Waals surface area contributed by atoms with Crippen LogP contribution in [-0.2, 0) is 6.54 Å². The minimum atomic E-state index is 0.509. The average molecular weight is 276 g/mol. The van der Waals surface area contributed by atoms with Gasteiger partial charge in [0.25, 0.3) is 0 Å². The summed E-state index contributed by atoms with van der Waals surface area (Å²) in [7, 11) is 0. The molecule has 5 heteroatoms. The Balaban J connectivity index is 1.88. The van der Waals surface area contributed by atoms with Gasteiger partial charge in [0.15, 0.2) is 0 Å². The standard InChI is InChI=1S/C14H20N4S/c1-12(8-9-19-2)15-10-13-11-16-18(17-13)14-6-4-3-5-7-14/h3-7,11-12,15H,8-10H2,1-2H3. The lowest BCUT2D eigenvalue weighted by Crippen LogP contribution is -2.26. The maximum atomic E-state index is 4.47. The van der Waals surface area contributed by atoms with Crippen molar-refractivity contribution in [2.75, 3.05) is 12.0 Å². The molecule has 0 spiro atoms. The average Bonchev–Trinajstić information content (AvgIpc) is 2.93. The van der Waals surface area contributed by atoms with Crippen LogP contribution in [0.2, 0.25) is 0 Å². The molecule has 0 aliphatic carbocycles. The highest BCUT2D eigenvalue weighted by Crippen LogP contribution is 2.05. The predicted molar refractivity (Wildman–Crippen MR) is 80.7 cm³/mol. The van der Waals surface area contributed by atoms with E-state index in [1.807, 2.05) is 48.3 Å². The Morgan fingerprint density at radius 3 is 2.84 bits per heavy atom. The molecule has 4 nitrogen and oxygen atoms in total. The monoisotopic (exact) mass is 276 g/mol. The van der Waals surface area contributed by atoms with Gasteiger partial charge in [-0.25, -0.2) is 0 Å². The van der Waals surface area contributed by atoms with Gasteiger partial charge in [-0.1, -0.05) is 18.2 Å². The fraction of sp³-hybridized carbons (Fsp3) is 0.429. The van der Waals surface area contributed by atoms with Crippen LogP contribution in [0.1, 0.15) is 19.0 Å². The third-order valence-electron chi connectivity index (χ3n) is 2.91. The lowest BCUT2D eigenvalue weighted by atomic mass is 10.2. The summed E-state index contributed by atoms with van der Waals surface area (Å²) in [4.78, 5) is 1.67. The second-order valence-electron chi connectivity index (χ2n) is 4.52. The van der Waals surface area contributed by atoms with Gasteiger partial charge in [0, 0.05) is 12.6 Å². The molecule has 1 heterocycles. The van der Waals surface area contributed by atoms with Crippen LogP contribution in [0.25, 0.3) is 5.69 Å². The van der Waals surface area contributed by atoms with Crippen LogP contribution in [0.5, 0.6) is 0 Å². The minimum Gasteiger partial charge on any atom is -0.309 e. The molecule has 0 saturated heterocycles. The van der Waals surface area contributed by atoms with Gasteiger partial charge in [-0.05, 0) is 37.5 Å². The fourth-order valence-electron chi connectivity index (χ4n) is 1.74. The van der Waals surface area contributed by atoms with Crippen LogP contribution >= 0.6 is 11.8 Å². The first-order valence-corrected chi connectivity index (χ1v) is 7.88. The molecule has 1 aromatic carbocycles. The van der Waals surface area contributed by atoms with Gasteiger partial charge in [-0.3, -0.25) is 0 Å². The number of rotatable bonds is 7. The summed E-state index contributed by atoms with van der Waals surface area (Å²) in [5.74, 6) is 1.19. The number of thioether (sulfide) groups is 1. The van der Waals surface area contributed by atoms with E-state index in [1.54, 1.807) is 4.80 Å². The van der Waals surface area contributed by atoms with E-state index in [-0.39, 0.29) is 0 Å². The van der Waals surface area contributed by atoms with Crippen molar-refractivity contribution in [3.8, 4) is 5.69 Å². The first-order chi connectivity index (χ1) is 9.29. The van der Waals surface area contributed by atoms with Gasteiger partial charge in [0.2, 0.25) is 0 Å². The molecular formula is C14H20N4S. The number of hydrogen-bond acceptors (Lipinski definition) is 4. The summed E-state index contributed by atoms with van der Waals surface area (Å²) in [6.07, 6.45) is 5.13. The van der Waals surface area contributed by atoms with Crippen molar-refractivity contribution in [1.82, 2.24) is 20.3 Å². The Morgan fingerprint density at radius 2 is 2.11 bits per heavy atom. The Bertz CT molecular complexity index is 483. The predicted octanol–water partition coefficient (Wildman–Crippen LogP) is 2.50. The topological polar surface area (TPSA) is 42.7 Å². The van der Waals surface area contributed by atoms with Crippen molar-refractivity contribution in [3.63, 3.8) is 0 Å². The van der Waals surface area contributed by atoms with Crippen molar-refractivity contribution in [2.45, 2.75) is 25.9 Å². The van der Waals surface area contributed by atoms with Crippen molar-refractivity contribution in [1.29, 1.82) is 0 Å². The molecule has 0 amide bonds. The highest BCUT2D eigenvalue weighted by Gasteiger charge is 2.05. The van der Waals surface area contributed by atoms with Crippen LogP contribution in [0.4, 0.5) is 0 Å². The lowest BCUT2D eigenvalue weighted by Gasteiger charge is -2.11. The summed E-state index contributed by atoms with van der Waals surface area (Å²) in [6, 6.07) is 10.5. The van der Waals surface area contributed by atoms with E-state index < -0.39 is 0 Å². The summed E-state index contributed by atoms with van der Waals surface area (Å²) >= 11 is 1.88. The second kappa shape index (κ2) is 7.31. The van der Waals surface area contributed by atoms with Crippen LogP contribution in [0.3, 0.4) is 0 Å². The van der Waals surface area contributed by atoms with E-state index in [0.29, 0.717) is 6.04 Å². The molecule has 1 unspecified atom stereocenters. The van der Waals surface area contributed by atoms with Crippen molar-refractivity contribution in [2.24, 2.45) is 0 Å². The molecule has 0 aliphatic heterocycles. The smallest absolute Gasteiger partial charge is 0.0969 e. The Labute approximate surface area is 118 Å². The zero-order valence-electron chi connectivity index (χ0n) is 11.4. The maximum Gasteiger partial charge on any atom is 0.0969 e. The zero-order valence-corrected chi connectivity index (χ0v) is 12.2. The van der Waals surface area contributed by atoms with E-state index in [2.05, 4.69) is 28.7 Å². The Hall–Kier alpha value is -1.33. The van der Waals surface area contributed by atoms with E-state index in [9.17, 15) is 0 Å². The van der Waals surface area contributed by atoms with Gasteiger partial charge < -0.3 is 5.32 Å². The minimum absolute atomic E-state index is 0.509. The van der Waals surface area contributed by atoms with Gasteiger partial charge in [-0.15, -0.1) is 0 Å². The molecule has 0 bridgehead atoms. The first-order valence-electron chi connectivity index (χ1n) is 6.48. The van der Waals surface area contributed by atoms with E-state index >= 15 is 0 Å². The van der Waals surface area contributed by atoms with Crippen molar-refractivity contribution in [3.05, 3.63) is 42.2 Å². The molecule has 0 saturated carbocycles. The van der Waals surface area contributed by atoms with Crippen LogP contribution < -0.4 is 5.32 Å². The molecular weight excluding hydrogens is 256 g/mol. The largest absolute Gasteiger partial charge is 0.309 e. The molecule has 19 heavy (non-hydrogen) atoms. The molecule has 0 aliphatic rings. The number of nitrogens with one attached hydrogen (secondary N) is 1. The van der Waals surface area contributed by atoms with Gasteiger partial charge in [0.1, 0.15) is 0 Å². The molecule has 1 aromatic heterocycles. The normalized spacial score (nSPS) is 12.5. The molecule has 0 fully saturated rings. The SMILES string of the molecule is CSCCC(C)NCc1cnn(-c2ccccc2)n1. The fourth-order valence-corrected chi connectivity index (χ4v) is 2.33. The summed E-state index contributed by atoms with van der Waals surface area (Å²) in [5.41, 5.74) is 1.96. The van der Waals surface area contributed by atoms with Crippen molar-refractivity contribution >= 4 is 11.8 Å². The summed E-state index contributed by atoms with van der Waals surface area (Å²) in [6.45, 7) is 2.97. The van der Waals surface area contributed by atoms with E-state index in [4.69, 9.17) is 0 Å². The molecule has 2 rings (SSSR count). The molecule has 2 aromatic rings. The van der Waals surface area contributed by atoms with Gasteiger partial charge in [0.05, 0.1) is 17.6 Å². The summed E-state index contributed by atoms with van der Waals surface area (Å²) in [5, 5.41) is 12.2. The number of aromatic nitrogens is 3. The Morgan fingerprint density at radius 1 is 1.32 bits per heavy atom. The number of para-hydroxylation sites is 1. The van der Waals surface area contributed by atoms with Crippen molar-refractivity contribution < 1.29 is 0 Å². The van der Waals surface area contributed by atoms with Gasteiger partial charge >= 0.3 is 0 Å². The van der Waals surface area contributed by atoms with Crippen LogP contribution in [0.15, 0.2) is 36.5 Å². The summed E-state index contributed by atoms with van der Waals surface area (Å²) < 4.78 is 0.